The quantitative estimate of drug-likeness (QED) is 0.257. The van der Waals surface area contributed by atoms with Crippen LogP contribution in [0.1, 0.15) is 77.0 Å². The van der Waals surface area contributed by atoms with Crippen molar-refractivity contribution in [2.24, 2.45) is 0 Å². The second-order valence-electron chi connectivity index (χ2n) is 7.43. The van der Waals surface area contributed by atoms with E-state index in [0.29, 0.717) is 0 Å². The average Bonchev–Trinajstić information content (AvgIpc) is 2.42. The fourth-order valence-electron chi connectivity index (χ4n) is 2.69. The van der Waals surface area contributed by atoms with Gasteiger partial charge in [0.1, 0.15) is 0 Å². The lowest BCUT2D eigenvalue weighted by atomic mass is 10.0. The molecule has 125 valence electrons. The number of nitrogens with zero attached hydrogens (tertiary/aromatic N) is 1. The Hall–Kier alpha value is 0.137. The van der Waals surface area contributed by atoms with Crippen LogP contribution in [0.3, 0.4) is 0 Å². The lowest BCUT2D eigenvalue weighted by Crippen LogP contribution is -2.35. The van der Waals surface area contributed by atoms with Crippen LogP contribution >= 0.6 is 0 Å². The molecule has 0 saturated carbocycles. The summed E-state index contributed by atoms with van der Waals surface area (Å²) in [5.74, 6) is 0. The molecular formula is C18H40N2Si+. The van der Waals surface area contributed by atoms with Crippen molar-refractivity contribution < 1.29 is 4.48 Å². The predicted molar refractivity (Wildman–Crippen MR) is 96.9 cm³/mol. The van der Waals surface area contributed by atoms with Crippen molar-refractivity contribution in [1.29, 1.82) is 0 Å². The zero-order chi connectivity index (χ0) is 15.8. The van der Waals surface area contributed by atoms with Gasteiger partial charge in [-0.15, -0.1) is 0 Å². The van der Waals surface area contributed by atoms with Crippen molar-refractivity contribution in [3.8, 4) is 0 Å². The molecule has 0 aliphatic heterocycles. The molecule has 0 atom stereocenters. The fourth-order valence-corrected chi connectivity index (χ4v) is 2.87. The van der Waals surface area contributed by atoms with E-state index in [1.807, 2.05) is 0 Å². The summed E-state index contributed by atoms with van der Waals surface area (Å²) in [5.41, 5.74) is 0. The number of hydrogen-bond donors (Lipinski definition) is 1. The van der Waals surface area contributed by atoms with E-state index in [0.717, 1.165) is 17.2 Å². The summed E-state index contributed by atoms with van der Waals surface area (Å²) < 4.78 is 1.12. The maximum Gasteiger partial charge on any atom is 0.0780 e. The normalized spacial score (nSPS) is 12.0. The maximum absolute atomic E-state index is 3.43. The highest BCUT2D eigenvalue weighted by Crippen LogP contribution is 2.12. The minimum atomic E-state index is 0.926. The Morgan fingerprint density at radius 2 is 1.00 bits per heavy atom. The van der Waals surface area contributed by atoms with E-state index in [1.54, 1.807) is 0 Å². The molecule has 3 heteroatoms. The van der Waals surface area contributed by atoms with Crippen molar-refractivity contribution in [2.45, 2.75) is 77.0 Å². The van der Waals surface area contributed by atoms with Gasteiger partial charge in [-0.25, -0.2) is 0 Å². The van der Waals surface area contributed by atoms with Gasteiger partial charge in [-0.05, 0) is 32.0 Å². The van der Waals surface area contributed by atoms with Crippen molar-refractivity contribution in [1.82, 2.24) is 5.32 Å². The number of hydrogen-bond acceptors (Lipinski definition) is 1. The monoisotopic (exact) mass is 312 g/mol. The zero-order valence-electron chi connectivity index (χ0n) is 15.1. The summed E-state index contributed by atoms with van der Waals surface area (Å²) in [6, 6.07) is 0. The molecule has 0 aliphatic rings. The minimum absolute atomic E-state index is 0.926. The third kappa shape index (κ3) is 20.1. The van der Waals surface area contributed by atoms with E-state index in [2.05, 4.69) is 36.7 Å². The van der Waals surface area contributed by atoms with Gasteiger partial charge in [0.25, 0.3) is 0 Å². The van der Waals surface area contributed by atoms with Crippen molar-refractivity contribution in [2.75, 3.05) is 40.4 Å². The lowest BCUT2D eigenvalue weighted by Gasteiger charge is -2.23. The van der Waals surface area contributed by atoms with E-state index < -0.39 is 0 Å². The Bertz CT molecular complexity index is 202. The standard InChI is InChI=1S/C18H40N2Si/c1-20(2,3)17-15-13-11-9-7-5-4-6-8-10-12-14-16-19-18-21/h19H,4-18H2,1-3H3/q+1. The molecule has 0 saturated heterocycles. The molecule has 1 N–H and O–H groups in total. The third-order valence-electron chi connectivity index (χ3n) is 4.06. The molecule has 0 aromatic heterocycles. The van der Waals surface area contributed by atoms with Crippen LogP contribution in [0.5, 0.6) is 0 Å². The molecule has 3 radical (unpaired) electrons. The number of nitrogens with one attached hydrogen (secondary N) is 1. The first-order chi connectivity index (χ1) is 10.1. The SMILES string of the molecule is C[N+](C)(C)CCCCCCCCCCCCCCNC[Si]. The molecule has 0 spiro atoms. The van der Waals surface area contributed by atoms with Crippen LogP contribution in [-0.4, -0.2) is 55.1 Å². The van der Waals surface area contributed by atoms with E-state index >= 15 is 0 Å². The molecule has 0 unspecified atom stereocenters. The van der Waals surface area contributed by atoms with E-state index in [1.165, 1.54) is 83.6 Å². The smallest absolute Gasteiger partial charge is 0.0780 e. The molecule has 0 fully saturated rings. The van der Waals surface area contributed by atoms with E-state index in [9.17, 15) is 0 Å². The number of rotatable bonds is 16. The second kappa shape index (κ2) is 15.0. The van der Waals surface area contributed by atoms with Crippen LogP contribution < -0.4 is 5.32 Å². The second-order valence-corrected chi connectivity index (χ2v) is 7.79. The molecule has 0 rings (SSSR count). The molecule has 0 heterocycles. The third-order valence-corrected chi connectivity index (χ3v) is 4.31. The molecule has 0 aromatic carbocycles. The molecule has 21 heavy (non-hydrogen) atoms. The van der Waals surface area contributed by atoms with Crippen LogP contribution in [0, 0.1) is 0 Å². The molecule has 0 amide bonds. The highest BCUT2D eigenvalue weighted by atomic mass is 28.1. The Morgan fingerprint density at radius 1 is 0.619 bits per heavy atom. The van der Waals surface area contributed by atoms with Gasteiger partial charge < -0.3 is 9.80 Å². The van der Waals surface area contributed by atoms with Crippen LogP contribution in [0.2, 0.25) is 0 Å². The average molecular weight is 313 g/mol. The summed E-state index contributed by atoms with van der Waals surface area (Å²) >= 11 is 0. The molecular weight excluding hydrogens is 272 g/mol. The molecule has 0 bridgehead atoms. The van der Waals surface area contributed by atoms with Gasteiger partial charge in [-0.2, -0.15) is 0 Å². The van der Waals surface area contributed by atoms with Crippen LogP contribution in [0.25, 0.3) is 0 Å². The Balaban J connectivity index is 3.00. The van der Waals surface area contributed by atoms with Gasteiger partial charge >= 0.3 is 0 Å². The highest BCUT2D eigenvalue weighted by molar-refractivity contribution is 6.08. The van der Waals surface area contributed by atoms with Crippen LogP contribution in [0.15, 0.2) is 0 Å². The van der Waals surface area contributed by atoms with Crippen molar-refractivity contribution in [3.05, 3.63) is 0 Å². The van der Waals surface area contributed by atoms with E-state index in [4.69, 9.17) is 0 Å². The topological polar surface area (TPSA) is 12.0 Å². The van der Waals surface area contributed by atoms with Gasteiger partial charge in [0.05, 0.1) is 27.7 Å². The summed E-state index contributed by atoms with van der Waals surface area (Å²) in [7, 11) is 10.3. The Kier molecular flexibility index (Phi) is 15.1. The summed E-state index contributed by atoms with van der Waals surface area (Å²) in [4.78, 5) is 0. The first-order valence-electron chi connectivity index (χ1n) is 9.22. The fraction of sp³-hybridized carbons (Fsp3) is 1.00. The van der Waals surface area contributed by atoms with Gasteiger partial charge in [0.15, 0.2) is 0 Å². The predicted octanol–water partition coefficient (Wildman–Crippen LogP) is 4.09. The highest BCUT2D eigenvalue weighted by Gasteiger charge is 2.04. The van der Waals surface area contributed by atoms with E-state index in [-0.39, 0.29) is 0 Å². The summed E-state index contributed by atoms with van der Waals surface area (Å²) in [6.07, 6.45) is 18.1. The molecule has 0 aliphatic carbocycles. The largest absolute Gasteiger partial charge is 0.331 e. The van der Waals surface area contributed by atoms with Crippen molar-refractivity contribution in [3.63, 3.8) is 0 Å². The van der Waals surface area contributed by atoms with Gasteiger partial charge in [0.2, 0.25) is 0 Å². The number of quaternary nitrogens is 1. The van der Waals surface area contributed by atoms with Gasteiger partial charge in [-0.1, -0.05) is 57.8 Å². The summed E-state index contributed by atoms with van der Waals surface area (Å²) in [6.45, 7) is 2.49. The first kappa shape index (κ1) is 21.1. The molecule has 2 nitrogen and oxygen atoms in total. The zero-order valence-corrected chi connectivity index (χ0v) is 16.1. The Morgan fingerprint density at radius 3 is 1.38 bits per heavy atom. The van der Waals surface area contributed by atoms with Crippen molar-refractivity contribution >= 4 is 10.2 Å². The first-order valence-corrected chi connectivity index (χ1v) is 9.93. The number of unbranched alkanes of at least 4 members (excludes halogenated alkanes) is 11. The van der Waals surface area contributed by atoms with Gasteiger partial charge in [0, 0.05) is 10.2 Å². The van der Waals surface area contributed by atoms with Crippen LogP contribution in [-0.2, 0) is 0 Å². The van der Waals surface area contributed by atoms with Gasteiger partial charge in [-0.3, -0.25) is 0 Å². The lowest BCUT2D eigenvalue weighted by molar-refractivity contribution is -0.870. The Labute approximate surface area is 138 Å². The van der Waals surface area contributed by atoms with Crippen LogP contribution in [0.4, 0.5) is 0 Å². The minimum Gasteiger partial charge on any atom is -0.331 e. The molecule has 0 aromatic rings. The maximum atomic E-state index is 3.43. The summed E-state index contributed by atoms with van der Waals surface area (Å²) in [5, 5.41) is 3.31.